The molecule has 0 fully saturated rings. The molecule has 3 heterocycles. The van der Waals surface area contributed by atoms with Gasteiger partial charge in [0, 0.05) is 30.5 Å². The van der Waals surface area contributed by atoms with Crippen LogP contribution in [0.5, 0.6) is 0 Å². The Labute approximate surface area is 137 Å². The summed E-state index contributed by atoms with van der Waals surface area (Å²) in [6, 6.07) is 6.25. The largest absolute Gasteiger partial charge is 0.347 e. The first-order valence-corrected chi connectivity index (χ1v) is 8.23. The molecule has 4 nitrogen and oxygen atoms in total. The first-order chi connectivity index (χ1) is 11.1. The van der Waals surface area contributed by atoms with Crippen molar-refractivity contribution in [3.63, 3.8) is 0 Å². The Morgan fingerprint density at radius 3 is 2.65 bits per heavy atom. The lowest BCUT2D eigenvalue weighted by molar-refractivity contribution is 0.477. The lowest BCUT2D eigenvalue weighted by atomic mass is 10.1. The van der Waals surface area contributed by atoms with Crippen molar-refractivity contribution >= 4 is 22.4 Å². The van der Waals surface area contributed by atoms with Crippen molar-refractivity contribution in [2.75, 3.05) is 5.32 Å². The molecule has 1 atom stereocenters. The predicted molar refractivity (Wildman–Crippen MR) is 96.2 cm³/mol. The van der Waals surface area contributed by atoms with Crippen LogP contribution in [0.15, 0.2) is 36.8 Å². The number of nitrogens with zero attached hydrogens (tertiary/aromatic N) is 3. The second-order valence-electron chi connectivity index (χ2n) is 6.29. The van der Waals surface area contributed by atoms with Gasteiger partial charge in [-0.3, -0.25) is 4.98 Å². The third-order valence-corrected chi connectivity index (χ3v) is 4.50. The van der Waals surface area contributed by atoms with Crippen LogP contribution in [0.1, 0.15) is 31.5 Å². The molecule has 3 aromatic heterocycles. The molecule has 3 rings (SSSR count). The maximum absolute atomic E-state index is 4.54. The quantitative estimate of drug-likeness (QED) is 0.733. The van der Waals surface area contributed by atoms with Crippen LogP contribution in [0.25, 0.3) is 10.9 Å². The SMILES string of the molecule is CCC(C)Cn1ccc2c(Nc3c(C)ccnc3C)nccc21. The number of hydrogen-bond acceptors (Lipinski definition) is 3. The molecule has 1 unspecified atom stereocenters. The zero-order chi connectivity index (χ0) is 16.4. The van der Waals surface area contributed by atoms with Crippen LogP contribution in [0.3, 0.4) is 0 Å². The molecule has 0 aliphatic heterocycles. The summed E-state index contributed by atoms with van der Waals surface area (Å²) < 4.78 is 2.32. The van der Waals surface area contributed by atoms with Gasteiger partial charge in [-0.2, -0.15) is 0 Å². The van der Waals surface area contributed by atoms with E-state index < -0.39 is 0 Å². The van der Waals surface area contributed by atoms with Crippen LogP contribution in [-0.2, 0) is 6.54 Å². The van der Waals surface area contributed by atoms with Gasteiger partial charge in [-0.1, -0.05) is 20.3 Å². The molecule has 1 N–H and O–H groups in total. The summed E-state index contributed by atoms with van der Waals surface area (Å²) in [6.45, 7) is 9.66. The third kappa shape index (κ3) is 3.07. The van der Waals surface area contributed by atoms with Gasteiger partial charge in [-0.25, -0.2) is 4.98 Å². The fourth-order valence-electron chi connectivity index (χ4n) is 2.85. The summed E-state index contributed by atoms with van der Waals surface area (Å²) in [5.74, 6) is 1.56. The van der Waals surface area contributed by atoms with E-state index in [1.54, 1.807) is 0 Å². The van der Waals surface area contributed by atoms with Gasteiger partial charge >= 0.3 is 0 Å². The third-order valence-electron chi connectivity index (χ3n) is 4.50. The lowest BCUT2D eigenvalue weighted by Gasteiger charge is -2.13. The van der Waals surface area contributed by atoms with Crippen molar-refractivity contribution in [2.45, 2.75) is 40.7 Å². The summed E-state index contributed by atoms with van der Waals surface area (Å²) in [7, 11) is 0. The Hall–Kier alpha value is -2.36. The Balaban J connectivity index is 1.99. The fourth-order valence-corrected chi connectivity index (χ4v) is 2.85. The Morgan fingerprint density at radius 1 is 1.13 bits per heavy atom. The molecule has 0 aliphatic rings. The Kier molecular flexibility index (Phi) is 4.33. The van der Waals surface area contributed by atoms with Crippen LogP contribution in [0, 0.1) is 19.8 Å². The van der Waals surface area contributed by atoms with Crippen LogP contribution in [-0.4, -0.2) is 14.5 Å². The van der Waals surface area contributed by atoms with E-state index in [1.165, 1.54) is 17.5 Å². The van der Waals surface area contributed by atoms with E-state index in [1.807, 2.05) is 25.4 Å². The number of pyridine rings is 2. The fraction of sp³-hybridized carbons (Fsp3) is 0.368. The zero-order valence-electron chi connectivity index (χ0n) is 14.3. The van der Waals surface area contributed by atoms with E-state index in [-0.39, 0.29) is 0 Å². The van der Waals surface area contributed by atoms with E-state index in [2.05, 4.69) is 59.0 Å². The Bertz CT molecular complexity index is 799. The van der Waals surface area contributed by atoms with Crippen molar-refractivity contribution in [2.24, 2.45) is 5.92 Å². The van der Waals surface area contributed by atoms with Crippen LogP contribution < -0.4 is 5.32 Å². The molecule has 0 saturated carbocycles. The van der Waals surface area contributed by atoms with Crippen LogP contribution >= 0.6 is 0 Å². The predicted octanol–water partition coefficient (Wildman–Crippen LogP) is 4.84. The molecule has 0 bridgehead atoms. The van der Waals surface area contributed by atoms with Gasteiger partial charge < -0.3 is 9.88 Å². The zero-order valence-corrected chi connectivity index (χ0v) is 14.3. The molecule has 4 heteroatoms. The van der Waals surface area contributed by atoms with Crippen molar-refractivity contribution < 1.29 is 0 Å². The molecule has 0 radical (unpaired) electrons. The summed E-state index contributed by atoms with van der Waals surface area (Å²) in [5.41, 5.74) is 4.43. The highest BCUT2D eigenvalue weighted by atomic mass is 15.0. The molecule has 23 heavy (non-hydrogen) atoms. The van der Waals surface area contributed by atoms with E-state index in [0.29, 0.717) is 5.92 Å². The molecular weight excluding hydrogens is 284 g/mol. The second kappa shape index (κ2) is 6.41. The topological polar surface area (TPSA) is 42.7 Å². The van der Waals surface area contributed by atoms with Crippen molar-refractivity contribution in [1.29, 1.82) is 0 Å². The standard InChI is InChI=1S/C19H24N4/c1-5-13(2)12-23-11-8-16-17(23)7-10-21-19(16)22-18-14(3)6-9-20-15(18)4/h6-11,13H,5,12H2,1-4H3,(H,21,22). The molecule has 0 saturated heterocycles. The molecule has 0 amide bonds. The highest BCUT2D eigenvalue weighted by Gasteiger charge is 2.11. The van der Waals surface area contributed by atoms with Gasteiger partial charge in [0.15, 0.2) is 0 Å². The maximum Gasteiger partial charge on any atom is 0.139 e. The van der Waals surface area contributed by atoms with Gasteiger partial charge in [-0.05, 0) is 43.5 Å². The van der Waals surface area contributed by atoms with Gasteiger partial charge in [0.1, 0.15) is 5.82 Å². The summed E-state index contributed by atoms with van der Waals surface area (Å²) in [4.78, 5) is 8.92. The molecule has 3 aromatic rings. The van der Waals surface area contributed by atoms with Crippen molar-refractivity contribution in [3.8, 4) is 0 Å². The summed E-state index contributed by atoms with van der Waals surface area (Å²) in [5, 5.41) is 4.63. The number of rotatable bonds is 5. The number of aromatic nitrogens is 3. The summed E-state index contributed by atoms with van der Waals surface area (Å²) in [6.07, 6.45) is 7.06. The number of hydrogen-bond donors (Lipinski definition) is 1. The van der Waals surface area contributed by atoms with E-state index >= 15 is 0 Å². The minimum atomic E-state index is 0.665. The monoisotopic (exact) mass is 308 g/mol. The van der Waals surface area contributed by atoms with E-state index in [0.717, 1.165) is 29.1 Å². The average molecular weight is 308 g/mol. The van der Waals surface area contributed by atoms with Gasteiger partial charge in [0.2, 0.25) is 0 Å². The first-order valence-electron chi connectivity index (χ1n) is 8.23. The average Bonchev–Trinajstić information content (AvgIpc) is 2.95. The number of aryl methyl sites for hydroxylation is 2. The van der Waals surface area contributed by atoms with Crippen LogP contribution in [0.4, 0.5) is 11.5 Å². The normalized spacial score (nSPS) is 12.5. The minimum Gasteiger partial charge on any atom is -0.347 e. The van der Waals surface area contributed by atoms with E-state index in [4.69, 9.17) is 0 Å². The number of anilines is 2. The number of fused-ring (bicyclic) bond motifs is 1. The molecule has 0 aliphatic carbocycles. The first kappa shape index (κ1) is 15.5. The van der Waals surface area contributed by atoms with Crippen LogP contribution in [0.2, 0.25) is 0 Å². The van der Waals surface area contributed by atoms with E-state index in [9.17, 15) is 0 Å². The molecule has 120 valence electrons. The van der Waals surface area contributed by atoms with Gasteiger partial charge in [-0.15, -0.1) is 0 Å². The summed E-state index contributed by atoms with van der Waals surface area (Å²) >= 11 is 0. The van der Waals surface area contributed by atoms with Crippen molar-refractivity contribution in [3.05, 3.63) is 48.0 Å². The lowest BCUT2D eigenvalue weighted by Crippen LogP contribution is -2.05. The van der Waals surface area contributed by atoms with Crippen molar-refractivity contribution in [1.82, 2.24) is 14.5 Å². The Morgan fingerprint density at radius 2 is 1.91 bits per heavy atom. The highest BCUT2D eigenvalue weighted by molar-refractivity contribution is 5.92. The molecule has 0 aromatic carbocycles. The maximum atomic E-state index is 4.54. The highest BCUT2D eigenvalue weighted by Crippen LogP contribution is 2.28. The van der Waals surface area contributed by atoms with Gasteiger partial charge in [0.25, 0.3) is 0 Å². The van der Waals surface area contributed by atoms with Gasteiger partial charge in [0.05, 0.1) is 16.9 Å². The molecular formula is C19H24N4. The molecule has 0 spiro atoms. The second-order valence-corrected chi connectivity index (χ2v) is 6.29. The smallest absolute Gasteiger partial charge is 0.139 e. The number of nitrogens with one attached hydrogen (secondary N) is 1. The minimum absolute atomic E-state index is 0.665.